The second-order valence-corrected chi connectivity index (χ2v) is 5.89. The van der Waals surface area contributed by atoms with Gasteiger partial charge in [-0.05, 0) is 43.3 Å². The van der Waals surface area contributed by atoms with Crippen molar-refractivity contribution >= 4 is 11.8 Å². The van der Waals surface area contributed by atoms with Gasteiger partial charge in [0.1, 0.15) is 11.6 Å². The van der Waals surface area contributed by atoms with Crippen LogP contribution in [-0.4, -0.2) is 6.54 Å². The van der Waals surface area contributed by atoms with Crippen molar-refractivity contribution in [3.63, 3.8) is 0 Å². The summed E-state index contributed by atoms with van der Waals surface area (Å²) in [5.41, 5.74) is 1.31. The van der Waals surface area contributed by atoms with Crippen LogP contribution in [-0.2, 0) is 5.75 Å². The minimum Gasteiger partial charge on any atom is -0.310 e. The van der Waals surface area contributed by atoms with E-state index in [-0.39, 0.29) is 17.4 Å². The van der Waals surface area contributed by atoms with Gasteiger partial charge in [-0.1, -0.05) is 25.1 Å². The predicted molar refractivity (Wildman–Crippen MR) is 84.5 cm³/mol. The zero-order chi connectivity index (χ0) is 15.2. The van der Waals surface area contributed by atoms with E-state index >= 15 is 0 Å². The first-order valence-electron chi connectivity index (χ1n) is 7.01. The van der Waals surface area contributed by atoms with Crippen molar-refractivity contribution in [3.05, 3.63) is 65.2 Å². The average molecular weight is 307 g/mol. The Bertz CT molecular complexity index is 581. The van der Waals surface area contributed by atoms with Gasteiger partial charge in [0.2, 0.25) is 0 Å². The topological polar surface area (TPSA) is 12.0 Å². The number of hydrogen-bond acceptors (Lipinski definition) is 2. The average Bonchev–Trinajstić information content (AvgIpc) is 2.47. The molecule has 0 saturated carbocycles. The lowest BCUT2D eigenvalue weighted by Gasteiger charge is -2.14. The van der Waals surface area contributed by atoms with Crippen molar-refractivity contribution < 1.29 is 8.78 Å². The van der Waals surface area contributed by atoms with E-state index in [1.165, 1.54) is 35.5 Å². The predicted octanol–water partition coefficient (Wildman–Crippen LogP) is 4.93. The molecule has 1 nitrogen and oxygen atoms in total. The van der Waals surface area contributed by atoms with Gasteiger partial charge in [-0.15, -0.1) is 11.8 Å². The molecular formula is C17H19F2NS. The maximum Gasteiger partial charge on any atom is 0.130 e. The maximum atomic E-state index is 13.6. The third-order valence-electron chi connectivity index (χ3n) is 3.31. The van der Waals surface area contributed by atoms with Crippen LogP contribution in [0.4, 0.5) is 8.78 Å². The molecule has 2 rings (SSSR count). The van der Waals surface area contributed by atoms with Gasteiger partial charge in [0.25, 0.3) is 0 Å². The molecule has 0 amide bonds. The van der Waals surface area contributed by atoms with Crippen LogP contribution in [0, 0.1) is 11.6 Å². The third-order valence-corrected chi connectivity index (χ3v) is 4.33. The van der Waals surface area contributed by atoms with E-state index in [4.69, 9.17) is 0 Å². The molecule has 112 valence electrons. The molecule has 0 aliphatic rings. The van der Waals surface area contributed by atoms with E-state index in [1.54, 1.807) is 0 Å². The standard InChI is InChI=1S/C17H19F2NS/c1-3-20-12(2)13-6-4-7-14(10-13)21-11-15-16(18)8-5-9-17(15)19/h4-10,12,20H,3,11H2,1-2H3. The molecule has 0 aliphatic carbocycles. The molecule has 21 heavy (non-hydrogen) atoms. The normalized spacial score (nSPS) is 12.4. The molecule has 0 spiro atoms. The van der Waals surface area contributed by atoms with E-state index in [0.29, 0.717) is 0 Å². The first kappa shape index (κ1) is 16.0. The van der Waals surface area contributed by atoms with E-state index in [2.05, 4.69) is 31.3 Å². The largest absolute Gasteiger partial charge is 0.310 e. The van der Waals surface area contributed by atoms with Gasteiger partial charge in [0.05, 0.1) is 0 Å². The van der Waals surface area contributed by atoms with Crippen molar-refractivity contribution in [2.75, 3.05) is 6.54 Å². The number of nitrogens with one attached hydrogen (secondary N) is 1. The summed E-state index contributed by atoms with van der Waals surface area (Å²) in [5, 5.41) is 3.35. The molecular weight excluding hydrogens is 288 g/mol. The van der Waals surface area contributed by atoms with E-state index in [1.807, 2.05) is 12.1 Å². The Morgan fingerprint density at radius 2 is 1.76 bits per heavy atom. The van der Waals surface area contributed by atoms with Crippen LogP contribution < -0.4 is 5.32 Å². The summed E-state index contributed by atoms with van der Waals surface area (Å²) in [6, 6.07) is 12.3. The van der Waals surface area contributed by atoms with Crippen LogP contribution >= 0.6 is 11.8 Å². The highest BCUT2D eigenvalue weighted by atomic mass is 32.2. The molecule has 0 heterocycles. The molecule has 2 aromatic carbocycles. The number of halogens is 2. The van der Waals surface area contributed by atoms with Gasteiger partial charge in [0.15, 0.2) is 0 Å². The summed E-state index contributed by atoms with van der Waals surface area (Å²) < 4.78 is 27.2. The highest BCUT2D eigenvalue weighted by Gasteiger charge is 2.09. The van der Waals surface area contributed by atoms with Gasteiger partial charge in [0, 0.05) is 22.3 Å². The Balaban J connectivity index is 2.08. The van der Waals surface area contributed by atoms with Gasteiger partial charge in [-0.2, -0.15) is 0 Å². The van der Waals surface area contributed by atoms with Crippen LogP contribution in [0.5, 0.6) is 0 Å². The lowest BCUT2D eigenvalue weighted by Crippen LogP contribution is -2.17. The molecule has 1 N–H and O–H groups in total. The van der Waals surface area contributed by atoms with Crippen molar-refractivity contribution in [2.24, 2.45) is 0 Å². The Kier molecular flexibility index (Phi) is 5.76. The summed E-state index contributed by atoms with van der Waals surface area (Å²) in [4.78, 5) is 1.01. The Morgan fingerprint density at radius 3 is 2.43 bits per heavy atom. The molecule has 0 aromatic heterocycles. The molecule has 1 atom stereocenters. The Morgan fingerprint density at radius 1 is 1.10 bits per heavy atom. The van der Waals surface area contributed by atoms with Crippen molar-refractivity contribution in [1.29, 1.82) is 0 Å². The van der Waals surface area contributed by atoms with Crippen LogP contribution in [0.15, 0.2) is 47.4 Å². The summed E-state index contributed by atoms with van der Waals surface area (Å²) in [6.45, 7) is 5.07. The molecule has 1 unspecified atom stereocenters. The molecule has 0 radical (unpaired) electrons. The Hall–Kier alpha value is -1.39. The highest BCUT2D eigenvalue weighted by molar-refractivity contribution is 7.98. The van der Waals surface area contributed by atoms with Crippen LogP contribution in [0.3, 0.4) is 0 Å². The fourth-order valence-electron chi connectivity index (χ4n) is 2.12. The maximum absolute atomic E-state index is 13.6. The van der Waals surface area contributed by atoms with Crippen molar-refractivity contribution in [3.8, 4) is 0 Å². The minimum atomic E-state index is -0.486. The van der Waals surface area contributed by atoms with E-state index in [9.17, 15) is 8.78 Å². The number of rotatable bonds is 6. The van der Waals surface area contributed by atoms with Gasteiger partial charge in [-0.3, -0.25) is 0 Å². The van der Waals surface area contributed by atoms with E-state index < -0.39 is 11.6 Å². The zero-order valence-corrected chi connectivity index (χ0v) is 13.0. The summed E-state index contributed by atoms with van der Waals surface area (Å²) in [6.07, 6.45) is 0. The van der Waals surface area contributed by atoms with Crippen LogP contribution in [0.2, 0.25) is 0 Å². The highest BCUT2D eigenvalue weighted by Crippen LogP contribution is 2.27. The second kappa shape index (κ2) is 7.57. The summed E-state index contributed by atoms with van der Waals surface area (Å²) in [5.74, 6) is -0.684. The van der Waals surface area contributed by atoms with Gasteiger partial charge >= 0.3 is 0 Å². The molecule has 4 heteroatoms. The SMILES string of the molecule is CCNC(C)c1cccc(SCc2c(F)cccc2F)c1. The van der Waals surface area contributed by atoms with E-state index in [0.717, 1.165) is 11.4 Å². The Labute approximate surface area is 128 Å². The van der Waals surface area contributed by atoms with Crippen molar-refractivity contribution in [1.82, 2.24) is 5.32 Å². The quantitative estimate of drug-likeness (QED) is 0.760. The monoisotopic (exact) mass is 307 g/mol. The first-order chi connectivity index (χ1) is 10.1. The van der Waals surface area contributed by atoms with Crippen LogP contribution in [0.1, 0.15) is 31.0 Å². The summed E-state index contributed by atoms with van der Waals surface area (Å²) >= 11 is 1.44. The second-order valence-electron chi connectivity index (χ2n) is 4.84. The first-order valence-corrected chi connectivity index (χ1v) is 7.99. The number of thioether (sulfide) groups is 1. The van der Waals surface area contributed by atoms with Crippen molar-refractivity contribution in [2.45, 2.75) is 30.5 Å². The molecule has 0 aliphatic heterocycles. The smallest absolute Gasteiger partial charge is 0.130 e. The molecule has 2 aromatic rings. The minimum absolute atomic E-state index is 0.132. The van der Waals surface area contributed by atoms with Crippen LogP contribution in [0.25, 0.3) is 0 Å². The number of benzene rings is 2. The molecule has 0 saturated heterocycles. The lowest BCUT2D eigenvalue weighted by molar-refractivity contribution is 0.566. The van der Waals surface area contributed by atoms with Gasteiger partial charge < -0.3 is 5.32 Å². The number of hydrogen-bond donors (Lipinski definition) is 1. The third kappa shape index (κ3) is 4.29. The molecule has 0 bridgehead atoms. The fraction of sp³-hybridized carbons (Fsp3) is 0.294. The molecule has 0 fully saturated rings. The fourth-order valence-corrected chi connectivity index (χ4v) is 3.10. The lowest BCUT2D eigenvalue weighted by atomic mass is 10.1. The van der Waals surface area contributed by atoms with Gasteiger partial charge in [-0.25, -0.2) is 8.78 Å². The summed E-state index contributed by atoms with van der Waals surface area (Å²) in [7, 11) is 0. The zero-order valence-electron chi connectivity index (χ0n) is 12.2.